The maximum Gasteiger partial charge on any atom is 0.243 e. The quantitative estimate of drug-likeness (QED) is 0.858. The van der Waals surface area contributed by atoms with Crippen LogP contribution in [0.2, 0.25) is 0 Å². The molecule has 0 aliphatic heterocycles. The Labute approximate surface area is 108 Å². The molecule has 18 heavy (non-hydrogen) atoms. The molecule has 4 heteroatoms. The van der Waals surface area contributed by atoms with Gasteiger partial charge in [-0.1, -0.05) is 32.0 Å². The number of benzene rings is 1. The first-order chi connectivity index (χ1) is 8.41. The third-order valence-electron chi connectivity index (χ3n) is 2.69. The Bertz CT molecular complexity index is 453. The van der Waals surface area contributed by atoms with Crippen LogP contribution in [0.3, 0.4) is 0 Å². The van der Waals surface area contributed by atoms with Crippen molar-refractivity contribution < 1.29 is 9.59 Å². The molecule has 0 atom stereocenters. The van der Waals surface area contributed by atoms with Crippen LogP contribution in [0.25, 0.3) is 0 Å². The minimum atomic E-state index is -0.209. The van der Waals surface area contributed by atoms with Crippen molar-refractivity contribution >= 4 is 17.5 Å². The fourth-order valence-corrected chi connectivity index (χ4v) is 1.73. The highest BCUT2D eigenvalue weighted by atomic mass is 16.2. The highest BCUT2D eigenvalue weighted by molar-refractivity contribution is 5.95. The Morgan fingerprint density at radius 1 is 1.28 bits per heavy atom. The van der Waals surface area contributed by atoms with E-state index in [4.69, 9.17) is 0 Å². The molecule has 98 valence electrons. The van der Waals surface area contributed by atoms with Gasteiger partial charge in [0.1, 0.15) is 0 Å². The predicted octanol–water partition coefficient (Wildman–Crippen LogP) is 2.19. The molecule has 1 rings (SSSR count). The third kappa shape index (κ3) is 3.87. The van der Waals surface area contributed by atoms with E-state index in [1.807, 2.05) is 25.1 Å². The average Bonchev–Trinajstić information content (AvgIpc) is 2.28. The van der Waals surface area contributed by atoms with Crippen molar-refractivity contribution in [2.24, 2.45) is 0 Å². The van der Waals surface area contributed by atoms with Crippen LogP contribution in [0.15, 0.2) is 18.2 Å². The molecule has 0 radical (unpaired) electrons. The summed E-state index contributed by atoms with van der Waals surface area (Å²) in [7, 11) is 0. The fourth-order valence-electron chi connectivity index (χ4n) is 1.73. The Balaban J connectivity index is 2.83. The van der Waals surface area contributed by atoms with Crippen LogP contribution < -0.4 is 10.6 Å². The van der Waals surface area contributed by atoms with Gasteiger partial charge in [-0.15, -0.1) is 0 Å². The molecule has 1 aromatic carbocycles. The van der Waals surface area contributed by atoms with E-state index >= 15 is 0 Å². The minimum absolute atomic E-state index is 0.00119. The summed E-state index contributed by atoms with van der Waals surface area (Å²) in [4.78, 5) is 22.5. The number of hydrogen-bond acceptors (Lipinski definition) is 2. The van der Waals surface area contributed by atoms with Gasteiger partial charge in [0.2, 0.25) is 11.8 Å². The smallest absolute Gasteiger partial charge is 0.243 e. The van der Waals surface area contributed by atoms with Crippen molar-refractivity contribution in [2.75, 3.05) is 11.9 Å². The highest BCUT2D eigenvalue weighted by Gasteiger charge is 2.11. The van der Waals surface area contributed by atoms with Crippen molar-refractivity contribution in [3.05, 3.63) is 29.3 Å². The maximum atomic E-state index is 11.7. The summed E-state index contributed by atoms with van der Waals surface area (Å²) < 4.78 is 0. The zero-order chi connectivity index (χ0) is 13.7. The van der Waals surface area contributed by atoms with Gasteiger partial charge in [0.15, 0.2) is 0 Å². The van der Waals surface area contributed by atoms with Gasteiger partial charge in [0, 0.05) is 12.6 Å². The normalized spacial score (nSPS) is 10.3. The SMILES string of the molecule is CC(=O)NCC(=O)Nc1c(C)cccc1C(C)C. The molecule has 0 aliphatic rings. The predicted molar refractivity (Wildman–Crippen MR) is 72.6 cm³/mol. The first-order valence-corrected chi connectivity index (χ1v) is 6.05. The zero-order valence-corrected chi connectivity index (χ0v) is 11.3. The lowest BCUT2D eigenvalue weighted by molar-refractivity contribution is -0.122. The van der Waals surface area contributed by atoms with Crippen LogP contribution >= 0.6 is 0 Å². The molecule has 2 amide bonds. The zero-order valence-electron chi connectivity index (χ0n) is 11.3. The first-order valence-electron chi connectivity index (χ1n) is 6.05. The summed E-state index contributed by atoms with van der Waals surface area (Å²) in [6.07, 6.45) is 0. The van der Waals surface area contributed by atoms with E-state index in [2.05, 4.69) is 24.5 Å². The molecule has 4 nitrogen and oxygen atoms in total. The van der Waals surface area contributed by atoms with Gasteiger partial charge in [-0.25, -0.2) is 0 Å². The molecule has 0 bridgehead atoms. The Morgan fingerprint density at radius 3 is 2.50 bits per heavy atom. The van der Waals surface area contributed by atoms with E-state index in [1.165, 1.54) is 6.92 Å². The third-order valence-corrected chi connectivity index (χ3v) is 2.69. The van der Waals surface area contributed by atoms with Gasteiger partial charge < -0.3 is 10.6 Å². The van der Waals surface area contributed by atoms with Gasteiger partial charge in [0.05, 0.1) is 6.54 Å². The van der Waals surface area contributed by atoms with Crippen molar-refractivity contribution in [1.82, 2.24) is 5.32 Å². The van der Waals surface area contributed by atoms with Gasteiger partial charge in [-0.3, -0.25) is 9.59 Å². The largest absolute Gasteiger partial charge is 0.347 e. The van der Waals surface area contributed by atoms with E-state index in [9.17, 15) is 9.59 Å². The first kappa shape index (κ1) is 14.2. The number of nitrogens with one attached hydrogen (secondary N) is 2. The maximum absolute atomic E-state index is 11.7. The molecule has 0 aromatic heterocycles. The number of carbonyl (C=O) groups is 2. The van der Waals surface area contributed by atoms with Crippen LogP contribution in [-0.2, 0) is 9.59 Å². The van der Waals surface area contributed by atoms with E-state index in [0.717, 1.165) is 16.8 Å². The van der Waals surface area contributed by atoms with E-state index in [-0.39, 0.29) is 18.4 Å². The number of para-hydroxylation sites is 1. The highest BCUT2D eigenvalue weighted by Crippen LogP contribution is 2.27. The lowest BCUT2D eigenvalue weighted by atomic mass is 9.98. The molecular formula is C14H20N2O2. The van der Waals surface area contributed by atoms with Crippen molar-refractivity contribution in [3.63, 3.8) is 0 Å². The van der Waals surface area contributed by atoms with Gasteiger partial charge in [-0.2, -0.15) is 0 Å². The van der Waals surface area contributed by atoms with Crippen LogP contribution in [0.1, 0.15) is 37.8 Å². The second-order valence-corrected chi connectivity index (χ2v) is 4.65. The molecular weight excluding hydrogens is 228 g/mol. The summed E-state index contributed by atoms with van der Waals surface area (Å²) in [6, 6.07) is 5.94. The summed E-state index contributed by atoms with van der Waals surface area (Å²) in [5.41, 5.74) is 2.98. The summed E-state index contributed by atoms with van der Waals surface area (Å²) in [5, 5.41) is 5.34. The average molecular weight is 248 g/mol. The second kappa shape index (κ2) is 6.19. The van der Waals surface area contributed by atoms with E-state index in [0.29, 0.717) is 5.92 Å². The number of hydrogen-bond donors (Lipinski definition) is 2. The van der Waals surface area contributed by atoms with Crippen LogP contribution in [0.4, 0.5) is 5.69 Å². The molecule has 0 saturated carbocycles. The number of carbonyl (C=O) groups excluding carboxylic acids is 2. The van der Waals surface area contributed by atoms with Gasteiger partial charge in [0.25, 0.3) is 0 Å². The second-order valence-electron chi connectivity index (χ2n) is 4.65. The summed E-state index contributed by atoms with van der Waals surface area (Å²) in [6.45, 7) is 7.51. The van der Waals surface area contributed by atoms with E-state index < -0.39 is 0 Å². The minimum Gasteiger partial charge on any atom is -0.347 e. The standard InChI is InChI=1S/C14H20N2O2/c1-9(2)12-7-5-6-10(3)14(12)16-13(18)8-15-11(4)17/h5-7,9H,8H2,1-4H3,(H,15,17)(H,16,18). The number of amides is 2. The molecule has 2 N–H and O–H groups in total. The Kier molecular flexibility index (Phi) is 4.89. The molecule has 1 aromatic rings. The lowest BCUT2D eigenvalue weighted by Gasteiger charge is -2.16. The van der Waals surface area contributed by atoms with Crippen LogP contribution in [-0.4, -0.2) is 18.4 Å². The monoisotopic (exact) mass is 248 g/mol. The Hall–Kier alpha value is -1.84. The molecule has 0 fully saturated rings. The number of anilines is 1. The molecule has 0 aliphatic carbocycles. The van der Waals surface area contributed by atoms with Crippen molar-refractivity contribution in [2.45, 2.75) is 33.6 Å². The topological polar surface area (TPSA) is 58.2 Å². The van der Waals surface area contributed by atoms with Crippen molar-refractivity contribution in [1.29, 1.82) is 0 Å². The number of aryl methyl sites for hydroxylation is 1. The van der Waals surface area contributed by atoms with E-state index in [1.54, 1.807) is 0 Å². The summed E-state index contributed by atoms with van der Waals surface area (Å²) >= 11 is 0. The fraction of sp³-hybridized carbons (Fsp3) is 0.429. The molecule has 0 spiro atoms. The van der Waals surface area contributed by atoms with Crippen LogP contribution in [0, 0.1) is 6.92 Å². The summed E-state index contributed by atoms with van der Waals surface area (Å²) in [5.74, 6) is -0.0821. The lowest BCUT2D eigenvalue weighted by Crippen LogP contribution is -2.31. The molecule has 0 heterocycles. The van der Waals surface area contributed by atoms with Gasteiger partial charge in [-0.05, 0) is 24.0 Å². The number of rotatable bonds is 4. The van der Waals surface area contributed by atoms with Crippen molar-refractivity contribution in [3.8, 4) is 0 Å². The van der Waals surface area contributed by atoms with Gasteiger partial charge >= 0.3 is 0 Å². The Morgan fingerprint density at radius 2 is 1.94 bits per heavy atom. The van der Waals surface area contributed by atoms with Crippen LogP contribution in [0.5, 0.6) is 0 Å². The molecule has 0 saturated heterocycles. The molecule has 0 unspecified atom stereocenters.